The molecular formula is C18H14BrN3O5. The fourth-order valence-corrected chi connectivity index (χ4v) is 2.61. The van der Waals surface area contributed by atoms with Crippen LogP contribution in [0.15, 0.2) is 46.4 Å². The van der Waals surface area contributed by atoms with E-state index in [9.17, 15) is 25.3 Å². The smallest absolute Gasteiger partial charge is 0.312 e. The molecule has 0 unspecified atom stereocenters. The molecule has 2 rings (SSSR count). The molecule has 8 nitrogen and oxygen atoms in total. The zero-order valence-electron chi connectivity index (χ0n) is 14.1. The quantitative estimate of drug-likeness (QED) is 0.308. The zero-order chi connectivity index (χ0) is 20.0. The van der Waals surface area contributed by atoms with Crippen LogP contribution in [0, 0.1) is 21.4 Å². The summed E-state index contributed by atoms with van der Waals surface area (Å²) in [5, 5.41) is 32.5. The molecule has 0 aliphatic heterocycles. The van der Waals surface area contributed by atoms with E-state index in [4.69, 9.17) is 4.74 Å². The number of phenols is 1. The third-order valence-electron chi connectivity index (χ3n) is 3.36. The van der Waals surface area contributed by atoms with Crippen molar-refractivity contribution in [1.82, 2.24) is 0 Å². The molecular weight excluding hydrogens is 418 g/mol. The Kier molecular flexibility index (Phi) is 6.51. The van der Waals surface area contributed by atoms with Gasteiger partial charge in [0.15, 0.2) is 0 Å². The van der Waals surface area contributed by atoms with Crippen LogP contribution in [-0.4, -0.2) is 22.5 Å². The molecule has 0 aliphatic carbocycles. The van der Waals surface area contributed by atoms with Crippen molar-refractivity contribution in [3.8, 4) is 17.6 Å². The Labute approximate surface area is 163 Å². The van der Waals surface area contributed by atoms with Gasteiger partial charge >= 0.3 is 5.69 Å². The first kappa shape index (κ1) is 19.9. The standard InChI is InChI=1S/C18H14BrN3O5/c1-2-27-14-5-3-13(4-6-14)21-18(24)12(10-20)7-11-8-15(19)17(23)16(9-11)22(25)26/h3-9,23H,2H2,1H3,(H,21,24)/b12-7-. The number of rotatable bonds is 6. The number of phenolic OH excluding ortho intramolecular Hbond substituents is 1. The number of nitro benzene ring substituents is 1. The van der Waals surface area contributed by atoms with Gasteiger partial charge in [-0.2, -0.15) is 5.26 Å². The number of ether oxygens (including phenoxy) is 1. The average Bonchev–Trinajstić information content (AvgIpc) is 2.63. The molecule has 27 heavy (non-hydrogen) atoms. The van der Waals surface area contributed by atoms with Crippen LogP contribution >= 0.6 is 15.9 Å². The van der Waals surface area contributed by atoms with Crippen LogP contribution in [0.25, 0.3) is 6.08 Å². The molecule has 138 valence electrons. The maximum Gasteiger partial charge on any atom is 0.312 e. The van der Waals surface area contributed by atoms with Gasteiger partial charge in [-0.15, -0.1) is 0 Å². The summed E-state index contributed by atoms with van der Waals surface area (Å²) in [4.78, 5) is 22.5. The largest absolute Gasteiger partial charge is 0.501 e. The number of aromatic hydroxyl groups is 1. The molecule has 0 fully saturated rings. The number of benzene rings is 2. The summed E-state index contributed by atoms with van der Waals surface area (Å²) < 4.78 is 5.38. The number of nitriles is 1. The second-order valence-corrected chi connectivity index (χ2v) is 6.06. The molecule has 9 heteroatoms. The average molecular weight is 432 g/mol. The van der Waals surface area contributed by atoms with E-state index in [1.807, 2.05) is 6.92 Å². The summed E-state index contributed by atoms with van der Waals surface area (Å²) in [6.45, 7) is 2.37. The number of hydrogen-bond donors (Lipinski definition) is 2. The fraction of sp³-hybridized carbons (Fsp3) is 0.111. The highest BCUT2D eigenvalue weighted by atomic mass is 79.9. The van der Waals surface area contributed by atoms with E-state index in [2.05, 4.69) is 21.2 Å². The number of nitrogens with one attached hydrogen (secondary N) is 1. The summed E-state index contributed by atoms with van der Waals surface area (Å²) in [7, 11) is 0. The SMILES string of the molecule is CCOc1ccc(NC(=O)/C(C#N)=C\c2cc(Br)c(O)c([N+](=O)[O-])c2)cc1. The van der Waals surface area contributed by atoms with E-state index < -0.39 is 22.3 Å². The van der Waals surface area contributed by atoms with Crippen molar-refractivity contribution in [2.24, 2.45) is 0 Å². The van der Waals surface area contributed by atoms with Gasteiger partial charge in [0, 0.05) is 11.8 Å². The summed E-state index contributed by atoms with van der Waals surface area (Å²) in [6.07, 6.45) is 1.20. The van der Waals surface area contributed by atoms with Crippen molar-refractivity contribution >= 4 is 39.3 Å². The van der Waals surface area contributed by atoms with Crippen molar-refractivity contribution < 1.29 is 19.6 Å². The van der Waals surface area contributed by atoms with Crippen LogP contribution in [0.5, 0.6) is 11.5 Å². The zero-order valence-corrected chi connectivity index (χ0v) is 15.7. The first-order chi connectivity index (χ1) is 12.8. The summed E-state index contributed by atoms with van der Waals surface area (Å²) >= 11 is 3.01. The molecule has 0 spiro atoms. The molecule has 0 aromatic heterocycles. The van der Waals surface area contributed by atoms with Gasteiger partial charge in [-0.3, -0.25) is 14.9 Å². The third kappa shape index (κ3) is 5.05. The van der Waals surface area contributed by atoms with Gasteiger partial charge in [0.2, 0.25) is 5.75 Å². The monoisotopic (exact) mass is 431 g/mol. The minimum absolute atomic E-state index is 0.0761. The third-order valence-corrected chi connectivity index (χ3v) is 3.97. The number of carbonyl (C=O) groups is 1. The summed E-state index contributed by atoms with van der Waals surface area (Å²) in [5.41, 5.74) is -0.122. The molecule has 0 saturated heterocycles. The topological polar surface area (TPSA) is 125 Å². The van der Waals surface area contributed by atoms with Gasteiger partial charge in [-0.25, -0.2) is 0 Å². The maximum atomic E-state index is 12.3. The molecule has 0 bridgehead atoms. The Morgan fingerprint density at radius 3 is 2.63 bits per heavy atom. The number of halogens is 1. The highest BCUT2D eigenvalue weighted by Crippen LogP contribution is 2.35. The Morgan fingerprint density at radius 1 is 1.41 bits per heavy atom. The molecule has 0 aliphatic rings. The lowest BCUT2D eigenvalue weighted by molar-refractivity contribution is -0.386. The summed E-state index contributed by atoms with van der Waals surface area (Å²) in [5.74, 6) is -0.559. The van der Waals surface area contributed by atoms with Gasteiger partial charge in [0.05, 0.1) is 16.0 Å². The van der Waals surface area contributed by atoms with Crippen LogP contribution in [0.2, 0.25) is 0 Å². The van der Waals surface area contributed by atoms with E-state index in [1.165, 1.54) is 12.1 Å². The van der Waals surface area contributed by atoms with Crippen LogP contribution in [0.4, 0.5) is 11.4 Å². The molecule has 2 aromatic carbocycles. The molecule has 2 N–H and O–H groups in total. The number of hydrogen-bond acceptors (Lipinski definition) is 6. The van der Waals surface area contributed by atoms with Crippen molar-refractivity contribution in [3.05, 3.63) is 62.1 Å². The molecule has 2 aromatic rings. The van der Waals surface area contributed by atoms with Gasteiger partial charge in [-0.1, -0.05) is 0 Å². The number of carbonyl (C=O) groups excluding carboxylic acids is 1. The number of amides is 1. The Morgan fingerprint density at radius 2 is 2.07 bits per heavy atom. The minimum atomic E-state index is -0.760. The van der Waals surface area contributed by atoms with Crippen molar-refractivity contribution in [1.29, 1.82) is 5.26 Å². The van der Waals surface area contributed by atoms with Crippen LogP contribution < -0.4 is 10.1 Å². The predicted molar refractivity (Wildman–Crippen MR) is 102 cm³/mol. The minimum Gasteiger partial charge on any atom is -0.501 e. The van der Waals surface area contributed by atoms with Crippen molar-refractivity contribution in [2.45, 2.75) is 6.92 Å². The number of nitrogens with zero attached hydrogens (tertiary/aromatic N) is 2. The molecule has 0 atom stereocenters. The van der Waals surface area contributed by atoms with Crippen molar-refractivity contribution in [3.63, 3.8) is 0 Å². The van der Waals surface area contributed by atoms with Crippen LogP contribution in [0.3, 0.4) is 0 Å². The Balaban J connectivity index is 2.26. The fourth-order valence-electron chi connectivity index (χ4n) is 2.14. The van der Waals surface area contributed by atoms with Crippen LogP contribution in [0.1, 0.15) is 12.5 Å². The molecule has 0 radical (unpaired) electrons. The van der Waals surface area contributed by atoms with E-state index in [0.29, 0.717) is 18.0 Å². The highest BCUT2D eigenvalue weighted by molar-refractivity contribution is 9.10. The van der Waals surface area contributed by atoms with E-state index in [0.717, 1.165) is 6.07 Å². The summed E-state index contributed by atoms with van der Waals surface area (Å²) in [6, 6.07) is 10.8. The Bertz CT molecular complexity index is 949. The predicted octanol–water partition coefficient (Wildman–Crippen LogP) is 4.01. The highest BCUT2D eigenvalue weighted by Gasteiger charge is 2.18. The van der Waals surface area contributed by atoms with Gasteiger partial charge < -0.3 is 15.2 Å². The molecule has 0 heterocycles. The van der Waals surface area contributed by atoms with Crippen molar-refractivity contribution in [2.75, 3.05) is 11.9 Å². The second kappa shape index (κ2) is 8.82. The normalized spacial score (nSPS) is 10.8. The van der Waals surface area contributed by atoms with E-state index >= 15 is 0 Å². The van der Waals surface area contributed by atoms with Crippen LogP contribution in [-0.2, 0) is 4.79 Å². The lowest BCUT2D eigenvalue weighted by Crippen LogP contribution is -2.13. The lowest BCUT2D eigenvalue weighted by atomic mass is 10.1. The first-order valence-corrected chi connectivity index (χ1v) is 8.48. The molecule has 1 amide bonds. The van der Waals surface area contributed by atoms with E-state index in [-0.39, 0.29) is 15.6 Å². The van der Waals surface area contributed by atoms with Gasteiger partial charge in [0.1, 0.15) is 17.4 Å². The van der Waals surface area contributed by atoms with E-state index in [1.54, 1.807) is 30.3 Å². The number of nitro groups is 1. The van der Waals surface area contributed by atoms with Gasteiger partial charge in [0.25, 0.3) is 5.91 Å². The lowest BCUT2D eigenvalue weighted by Gasteiger charge is -2.07. The second-order valence-electron chi connectivity index (χ2n) is 5.21. The Hall–Kier alpha value is -3.38. The number of anilines is 1. The van der Waals surface area contributed by atoms with Gasteiger partial charge in [-0.05, 0) is 64.8 Å². The maximum absolute atomic E-state index is 12.3. The molecule has 0 saturated carbocycles. The first-order valence-electron chi connectivity index (χ1n) is 7.68.